The van der Waals surface area contributed by atoms with Crippen molar-refractivity contribution in [3.05, 3.63) is 59.7 Å². The Kier molecular flexibility index (Phi) is 16.8. The van der Waals surface area contributed by atoms with Crippen LogP contribution in [-0.4, -0.2) is 103 Å². The molecule has 1 aliphatic heterocycles. The molecule has 3 aliphatic carbocycles. The fourth-order valence-corrected chi connectivity index (χ4v) is 9.33. The van der Waals surface area contributed by atoms with E-state index < -0.39 is 78.5 Å². The van der Waals surface area contributed by atoms with Crippen LogP contribution in [0.4, 0.5) is 0 Å². The van der Waals surface area contributed by atoms with Crippen molar-refractivity contribution in [2.75, 3.05) is 13.1 Å². The summed E-state index contributed by atoms with van der Waals surface area (Å²) in [4.78, 5) is 67.5. The SMILES string of the molecule is CCCCc1ccc(-c2ccc(C(=O)N[C@@H](CCN)C(=O)N[C@H](C(=O)N[C@@H](C)C(=O)N[C@@H](CCCCN)C(=O)N[C@@H](C)B3OC4C[C@@H]5C[C@@H](C5(C)C)[C@]4(C)O3)C(C)O)cc2)cc1. The van der Waals surface area contributed by atoms with Crippen LogP contribution in [0.2, 0.25) is 0 Å². The number of hydrogen-bond donors (Lipinski definition) is 8. The largest absolute Gasteiger partial charge is 0.481 e. The number of carbonyl (C=O) groups is 5. The summed E-state index contributed by atoms with van der Waals surface area (Å²) in [5.74, 6) is -2.74. The number of aryl methyl sites for hydroxylation is 1. The zero-order valence-electron chi connectivity index (χ0n) is 37.6. The number of nitrogens with two attached hydrogens (primary N) is 2. The van der Waals surface area contributed by atoms with E-state index in [4.69, 9.17) is 20.8 Å². The summed E-state index contributed by atoms with van der Waals surface area (Å²) in [5, 5.41) is 24.1. The molecule has 4 aliphatic rings. The van der Waals surface area contributed by atoms with Gasteiger partial charge in [-0.15, -0.1) is 0 Å². The van der Waals surface area contributed by atoms with Crippen LogP contribution in [0.5, 0.6) is 0 Å². The van der Waals surface area contributed by atoms with Gasteiger partial charge in [-0.1, -0.05) is 63.6 Å². The summed E-state index contributed by atoms with van der Waals surface area (Å²) >= 11 is 0. The highest BCUT2D eigenvalue weighted by molar-refractivity contribution is 6.47. The second-order valence-corrected chi connectivity index (χ2v) is 18.4. The summed E-state index contributed by atoms with van der Waals surface area (Å²) in [6.45, 7) is 13.9. The lowest BCUT2D eigenvalue weighted by atomic mass is 9.43. The fourth-order valence-electron chi connectivity index (χ4n) is 9.33. The Morgan fingerprint density at radius 2 is 1.39 bits per heavy atom. The van der Waals surface area contributed by atoms with Crippen LogP contribution in [0.25, 0.3) is 11.1 Å². The highest BCUT2D eigenvalue weighted by Gasteiger charge is 2.68. The average molecular weight is 860 g/mol. The van der Waals surface area contributed by atoms with Gasteiger partial charge in [0.05, 0.1) is 23.8 Å². The van der Waals surface area contributed by atoms with Gasteiger partial charge in [-0.05, 0) is 138 Å². The van der Waals surface area contributed by atoms with Crippen molar-refractivity contribution < 1.29 is 38.4 Å². The molecule has 10 atom stereocenters. The first-order valence-electron chi connectivity index (χ1n) is 22.6. The van der Waals surface area contributed by atoms with Crippen LogP contribution < -0.4 is 38.1 Å². The Morgan fingerprint density at radius 1 is 0.758 bits per heavy atom. The molecule has 15 nitrogen and oxygen atoms in total. The minimum absolute atomic E-state index is 0.0486. The van der Waals surface area contributed by atoms with Gasteiger partial charge in [0, 0.05) is 5.56 Å². The molecule has 6 rings (SSSR count). The van der Waals surface area contributed by atoms with Gasteiger partial charge < -0.3 is 52.5 Å². The van der Waals surface area contributed by atoms with Gasteiger partial charge in [0.1, 0.15) is 24.2 Å². The zero-order chi connectivity index (χ0) is 45.4. The van der Waals surface area contributed by atoms with Crippen molar-refractivity contribution in [1.29, 1.82) is 0 Å². The van der Waals surface area contributed by atoms with Gasteiger partial charge in [0.2, 0.25) is 23.6 Å². The van der Waals surface area contributed by atoms with Gasteiger partial charge in [0.15, 0.2) is 0 Å². The van der Waals surface area contributed by atoms with E-state index in [-0.39, 0.29) is 24.5 Å². The fraction of sp³-hybridized carbons (Fsp3) is 0.630. The summed E-state index contributed by atoms with van der Waals surface area (Å²) in [7, 11) is -0.650. The van der Waals surface area contributed by atoms with Crippen molar-refractivity contribution in [1.82, 2.24) is 26.6 Å². The second-order valence-electron chi connectivity index (χ2n) is 18.4. The van der Waals surface area contributed by atoms with E-state index in [1.54, 1.807) is 12.1 Å². The monoisotopic (exact) mass is 860 g/mol. The molecule has 10 N–H and O–H groups in total. The number of unbranched alkanes of at least 4 members (excludes halogenated alkanes) is 2. The Bertz CT molecular complexity index is 1860. The number of amides is 5. The number of hydrogen-bond acceptors (Lipinski definition) is 10. The number of rotatable bonds is 22. The normalized spacial score (nSPS) is 23.9. The van der Waals surface area contributed by atoms with Crippen LogP contribution in [0.15, 0.2) is 48.5 Å². The molecule has 2 bridgehead atoms. The van der Waals surface area contributed by atoms with Gasteiger partial charge in [-0.25, -0.2) is 0 Å². The third kappa shape index (κ3) is 11.4. The number of aliphatic hydroxyl groups excluding tert-OH is 1. The molecule has 3 saturated carbocycles. The molecule has 0 spiro atoms. The first kappa shape index (κ1) is 48.7. The molecule has 16 heteroatoms. The summed E-state index contributed by atoms with van der Waals surface area (Å²) in [5.41, 5.74) is 14.8. The molecule has 1 saturated heterocycles. The predicted molar refractivity (Wildman–Crippen MR) is 239 cm³/mol. The number of aliphatic hydroxyl groups is 1. The van der Waals surface area contributed by atoms with Crippen molar-refractivity contribution in [2.45, 2.75) is 154 Å². The van der Waals surface area contributed by atoms with Gasteiger partial charge >= 0.3 is 7.12 Å². The third-order valence-electron chi connectivity index (χ3n) is 13.5. The lowest BCUT2D eigenvalue weighted by molar-refractivity contribution is -0.199. The molecule has 0 radical (unpaired) electrons. The van der Waals surface area contributed by atoms with E-state index in [2.05, 4.69) is 78.5 Å². The van der Waals surface area contributed by atoms with Gasteiger partial charge in [-0.2, -0.15) is 0 Å². The first-order valence-corrected chi connectivity index (χ1v) is 22.6. The number of nitrogens with one attached hydrogen (secondary N) is 5. The molecule has 2 aromatic rings. The number of benzene rings is 2. The van der Waals surface area contributed by atoms with E-state index in [1.165, 1.54) is 19.4 Å². The molecule has 62 heavy (non-hydrogen) atoms. The van der Waals surface area contributed by atoms with Crippen molar-refractivity contribution in [3.63, 3.8) is 0 Å². The predicted octanol–water partition coefficient (Wildman–Crippen LogP) is 2.90. The van der Waals surface area contributed by atoms with Crippen LogP contribution in [-0.2, 0) is 34.9 Å². The van der Waals surface area contributed by atoms with Crippen LogP contribution in [0, 0.1) is 17.3 Å². The zero-order valence-corrected chi connectivity index (χ0v) is 37.6. The quantitative estimate of drug-likeness (QED) is 0.0637. The Hall–Kier alpha value is -4.35. The Labute approximate surface area is 367 Å². The lowest BCUT2D eigenvalue weighted by Crippen LogP contribution is -2.65. The summed E-state index contributed by atoms with van der Waals surface area (Å²) in [6, 6.07) is 10.6. The van der Waals surface area contributed by atoms with E-state index in [9.17, 15) is 29.1 Å². The average Bonchev–Trinajstić information content (AvgIpc) is 3.61. The molecule has 5 amide bonds. The van der Waals surface area contributed by atoms with Crippen LogP contribution >= 0.6 is 0 Å². The van der Waals surface area contributed by atoms with E-state index in [0.29, 0.717) is 43.2 Å². The maximum Gasteiger partial charge on any atom is 0.481 e. The first-order chi connectivity index (χ1) is 29.4. The van der Waals surface area contributed by atoms with Gasteiger partial charge in [-0.3, -0.25) is 24.0 Å². The minimum Gasteiger partial charge on any atom is -0.404 e. The second kappa shape index (κ2) is 21.4. The smallest absolute Gasteiger partial charge is 0.404 e. The molecule has 1 heterocycles. The van der Waals surface area contributed by atoms with Crippen LogP contribution in [0.3, 0.4) is 0 Å². The molecule has 4 fully saturated rings. The Balaban J connectivity index is 1.15. The topological polar surface area (TPSA) is 236 Å². The molecular weight excluding hydrogens is 789 g/mol. The van der Waals surface area contributed by atoms with Crippen LogP contribution in [0.1, 0.15) is 116 Å². The summed E-state index contributed by atoms with van der Waals surface area (Å²) in [6.07, 6.45) is 5.41. The van der Waals surface area contributed by atoms with Gasteiger partial charge in [0.25, 0.3) is 5.91 Å². The minimum atomic E-state index is -1.49. The molecule has 0 aromatic heterocycles. The number of carbonyl (C=O) groups excluding carboxylic acids is 5. The Morgan fingerprint density at radius 3 is 1.98 bits per heavy atom. The van der Waals surface area contributed by atoms with Crippen molar-refractivity contribution in [2.24, 2.45) is 28.7 Å². The van der Waals surface area contributed by atoms with E-state index >= 15 is 0 Å². The standard InChI is InChI=1S/C46H70BN7O8/c1-8-9-12-30-14-16-31(17-15-30)32-18-20-33(21-19-32)41(57)53-36(22-24-49)43(59)54-39(28(3)55)44(60)50-27(2)40(56)52-35(13-10-11-23-48)42(58)51-29(4)47-61-38-26-34-25-37(45(34,5)6)46(38,7)62-47/h14-21,27-29,34-39,55H,8-13,22-26,48-49H2,1-7H3,(H,50,60)(H,51,58)(H,52,56)(H,53,57)(H,54,59)/t27-,28?,29-,34-,35-,36-,37-,38?,39-,46-/m0/s1. The van der Waals surface area contributed by atoms with E-state index in [1.807, 2.05) is 19.1 Å². The lowest BCUT2D eigenvalue weighted by Gasteiger charge is -2.64. The molecular formula is C46H70BN7O8. The molecule has 2 unspecified atom stereocenters. The molecule has 2 aromatic carbocycles. The van der Waals surface area contributed by atoms with Crippen molar-refractivity contribution >= 4 is 36.7 Å². The third-order valence-corrected chi connectivity index (χ3v) is 13.5. The summed E-state index contributed by atoms with van der Waals surface area (Å²) < 4.78 is 12.9. The maximum atomic E-state index is 13.7. The van der Waals surface area contributed by atoms with Crippen molar-refractivity contribution in [3.8, 4) is 11.1 Å². The molecule has 340 valence electrons. The highest BCUT2D eigenvalue weighted by atomic mass is 16.7. The maximum absolute atomic E-state index is 13.7. The van der Waals surface area contributed by atoms with E-state index in [0.717, 1.165) is 43.2 Å². The highest BCUT2D eigenvalue weighted by Crippen LogP contribution is 2.65.